The molecule has 1 N–H and O–H groups in total. The number of anilines is 2. The third-order valence-electron chi connectivity index (χ3n) is 4.46. The van der Waals surface area contributed by atoms with Gasteiger partial charge in [0.05, 0.1) is 5.69 Å². The van der Waals surface area contributed by atoms with Crippen molar-refractivity contribution >= 4 is 38.6 Å². The van der Waals surface area contributed by atoms with Crippen LogP contribution in [0.15, 0.2) is 64.9 Å². The largest absolute Gasteiger partial charge is 0.321 e. The van der Waals surface area contributed by atoms with Gasteiger partial charge in [0, 0.05) is 12.7 Å². The molecule has 0 atom stereocenters. The molecule has 0 aliphatic rings. The van der Waals surface area contributed by atoms with E-state index >= 15 is 0 Å². The molecule has 28 heavy (non-hydrogen) atoms. The molecule has 0 aliphatic heterocycles. The van der Waals surface area contributed by atoms with Crippen LogP contribution < -0.4 is 9.62 Å². The maximum atomic E-state index is 13.1. The minimum atomic E-state index is -3.86. The molecule has 3 aromatic rings. The summed E-state index contributed by atoms with van der Waals surface area (Å²) in [5.74, 6) is -0.435. The molecule has 7 heteroatoms. The van der Waals surface area contributed by atoms with Crippen LogP contribution in [0.2, 0.25) is 0 Å². The molecule has 0 fully saturated rings. The van der Waals surface area contributed by atoms with Gasteiger partial charge in [-0.2, -0.15) is 0 Å². The number of aryl methyl sites for hydroxylation is 2. The van der Waals surface area contributed by atoms with E-state index in [1.165, 1.54) is 17.4 Å². The average molecular weight is 415 g/mol. The van der Waals surface area contributed by atoms with Crippen LogP contribution in [0.5, 0.6) is 0 Å². The van der Waals surface area contributed by atoms with E-state index in [0.29, 0.717) is 11.4 Å². The Labute approximate surface area is 169 Å². The Morgan fingerprint density at radius 3 is 2.46 bits per heavy atom. The van der Waals surface area contributed by atoms with Crippen molar-refractivity contribution in [2.75, 3.05) is 16.7 Å². The van der Waals surface area contributed by atoms with E-state index in [0.717, 1.165) is 28.9 Å². The van der Waals surface area contributed by atoms with Crippen LogP contribution in [-0.4, -0.2) is 21.4 Å². The lowest BCUT2D eigenvalue weighted by atomic mass is 10.1. The summed E-state index contributed by atoms with van der Waals surface area (Å²) in [7, 11) is -2.37. The summed E-state index contributed by atoms with van der Waals surface area (Å²) in [6, 6.07) is 16.2. The highest BCUT2D eigenvalue weighted by molar-refractivity contribution is 7.93. The highest BCUT2D eigenvalue weighted by Crippen LogP contribution is 2.29. The molecule has 3 rings (SSSR count). The summed E-state index contributed by atoms with van der Waals surface area (Å²) in [6.45, 7) is 3.96. The number of nitrogens with zero attached hydrogens (tertiary/aromatic N) is 1. The first-order chi connectivity index (χ1) is 13.3. The molecule has 0 saturated heterocycles. The van der Waals surface area contributed by atoms with E-state index in [9.17, 15) is 13.2 Å². The van der Waals surface area contributed by atoms with Gasteiger partial charge in [0.15, 0.2) is 0 Å². The molecule has 1 amide bonds. The molecule has 146 valence electrons. The summed E-state index contributed by atoms with van der Waals surface area (Å²) >= 11 is 1.11. The fourth-order valence-electron chi connectivity index (χ4n) is 2.79. The minimum absolute atomic E-state index is 0.00387. The van der Waals surface area contributed by atoms with Crippen LogP contribution >= 0.6 is 11.3 Å². The van der Waals surface area contributed by atoms with Crippen molar-refractivity contribution < 1.29 is 13.2 Å². The third-order valence-corrected chi connectivity index (χ3v) is 7.33. The summed E-state index contributed by atoms with van der Waals surface area (Å²) in [5.41, 5.74) is 3.30. The summed E-state index contributed by atoms with van der Waals surface area (Å²) in [5, 5.41) is 4.40. The molecule has 1 heterocycles. The lowest BCUT2D eigenvalue weighted by Gasteiger charge is -2.20. The number of nitrogens with one attached hydrogen (secondary N) is 1. The Morgan fingerprint density at radius 2 is 1.82 bits per heavy atom. The number of thiophene rings is 1. The van der Waals surface area contributed by atoms with Gasteiger partial charge in [0.2, 0.25) is 0 Å². The van der Waals surface area contributed by atoms with Crippen molar-refractivity contribution in [3.63, 3.8) is 0 Å². The number of benzene rings is 2. The number of hydrogen-bond donors (Lipinski definition) is 1. The molecule has 0 aliphatic carbocycles. The monoisotopic (exact) mass is 414 g/mol. The number of sulfonamides is 1. The Kier molecular flexibility index (Phi) is 5.86. The van der Waals surface area contributed by atoms with Crippen LogP contribution in [0, 0.1) is 6.92 Å². The molecule has 0 radical (unpaired) electrons. The molecular formula is C21H22N2O3S2. The zero-order valence-corrected chi connectivity index (χ0v) is 17.6. The predicted molar refractivity (Wildman–Crippen MR) is 115 cm³/mol. The third kappa shape index (κ3) is 4.10. The predicted octanol–water partition coefficient (Wildman–Crippen LogP) is 4.70. The number of carbonyl (C=O) groups excluding carboxylic acids is 1. The Morgan fingerprint density at radius 1 is 1.11 bits per heavy atom. The number of carbonyl (C=O) groups is 1. The van der Waals surface area contributed by atoms with Crippen molar-refractivity contribution in [1.82, 2.24) is 0 Å². The SMILES string of the molecule is CCc1ccc(NC(=O)c2sccc2S(=O)(=O)N(C)c2cccc(C)c2)cc1. The summed E-state index contributed by atoms with van der Waals surface area (Å²) in [4.78, 5) is 12.9. The van der Waals surface area contributed by atoms with Crippen LogP contribution in [-0.2, 0) is 16.4 Å². The van der Waals surface area contributed by atoms with Crippen molar-refractivity contribution in [3.8, 4) is 0 Å². The molecule has 2 aromatic carbocycles. The first kappa shape index (κ1) is 20.1. The second-order valence-electron chi connectivity index (χ2n) is 6.43. The van der Waals surface area contributed by atoms with E-state index in [1.807, 2.05) is 37.3 Å². The second kappa shape index (κ2) is 8.16. The number of hydrogen-bond acceptors (Lipinski definition) is 4. The molecule has 1 aromatic heterocycles. The first-order valence-electron chi connectivity index (χ1n) is 8.86. The first-order valence-corrected chi connectivity index (χ1v) is 11.2. The highest BCUT2D eigenvalue weighted by Gasteiger charge is 2.28. The Balaban J connectivity index is 1.88. The summed E-state index contributed by atoms with van der Waals surface area (Å²) < 4.78 is 27.4. The Bertz CT molecular complexity index is 1090. The quantitative estimate of drug-likeness (QED) is 0.636. The van der Waals surface area contributed by atoms with Crippen LogP contribution in [0.4, 0.5) is 11.4 Å². The number of amides is 1. The molecule has 0 unspecified atom stereocenters. The van der Waals surface area contributed by atoms with E-state index in [1.54, 1.807) is 23.6 Å². The van der Waals surface area contributed by atoms with Gasteiger partial charge in [-0.05, 0) is 60.2 Å². The van der Waals surface area contributed by atoms with E-state index in [4.69, 9.17) is 0 Å². The van der Waals surface area contributed by atoms with Gasteiger partial charge in [-0.1, -0.05) is 31.2 Å². The van der Waals surface area contributed by atoms with Crippen LogP contribution in [0.1, 0.15) is 27.7 Å². The van der Waals surface area contributed by atoms with E-state index < -0.39 is 15.9 Å². The van der Waals surface area contributed by atoms with Crippen molar-refractivity contribution in [2.24, 2.45) is 0 Å². The minimum Gasteiger partial charge on any atom is -0.321 e. The molecule has 0 saturated carbocycles. The number of rotatable bonds is 6. The smallest absolute Gasteiger partial charge is 0.267 e. The van der Waals surface area contributed by atoms with Crippen molar-refractivity contribution in [1.29, 1.82) is 0 Å². The van der Waals surface area contributed by atoms with Crippen LogP contribution in [0.3, 0.4) is 0 Å². The fraction of sp³-hybridized carbons (Fsp3) is 0.190. The summed E-state index contributed by atoms with van der Waals surface area (Å²) in [6.07, 6.45) is 0.910. The van der Waals surface area contributed by atoms with Gasteiger partial charge in [0.1, 0.15) is 9.77 Å². The highest BCUT2D eigenvalue weighted by atomic mass is 32.2. The zero-order valence-electron chi connectivity index (χ0n) is 16.0. The molecule has 5 nitrogen and oxygen atoms in total. The molecule has 0 bridgehead atoms. The normalized spacial score (nSPS) is 11.2. The fourth-order valence-corrected chi connectivity index (χ4v) is 5.27. The van der Waals surface area contributed by atoms with Crippen LogP contribution in [0.25, 0.3) is 0 Å². The zero-order chi connectivity index (χ0) is 20.3. The van der Waals surface area contributed by atoms with Crippen molar-refractivity contribution in [3.05, 3.63) is 76.0 Å². The van der Waals surface area contributed by atoms with Gasteiger partial charge >= 0.3 is 0 Å². The topological polar surface area (TPSA) is 66.5 Å². The average Bonchev–Trinajstić information content (AvgIpc) is 3.19. The van der Waals surface area contributed by atoms with Gasteiger partial charge < -0.3 is 5.32 Å². The second-order valence-corrected chi connectivity index (χ2v) is 9.28. The molecule has 0 spiro atoms. The van der Waals surface area contributed by atoms with Gasteiger partial charge in [-0.15, -0.1) is 11.3 Å². The van der Waals surface area contributed by atoms with Gasteiger partial charge in [-0.3, -0.25) is 9.10 Å². The Hall–Kier alpha value is -2.64. The van der Waals surface area contributed by atoms with Crippen molar-refractivity contribution in [2.45, 2.75) is 25.2 Å². The lowest BCUT2D eigenvalue weighted by Crippen LogP contribution is -2.28. The maximum absolute atomic E-state index is 13.1. The molecular weight excluding hydrogens is 392 g/mol. The van der Waals surface area contributed by atoms with Gasteiger partial charge in [-0.25, -0.2) is 8.42 Å². The lowest BCUT2D eigenvalue weighted by molar-refractivity contribution is 0.102. The standard InChI is InChI=1S/C21H22N2O3S2/c1-4-16-8-10-17(11-9-16)22-21(24)20-19(12-13-27-20)28(25,26)23(3)18-7-5-6-15(2)14-18/h5-14H,4H2,1-3H3,(H,22,24). The van der Waals surface area contributed by atoms with E-state index in [-0.39, 0.29) is 9.77 Å². The van der Waals surface area contributed by atoms with E-state index in [2.05, 4.69) is 12.2 Å². The maximum Gasteiger partial charge on any atom is 0.267 e. The van der Waals surface area contributed by atoms with Gasteiger partial charge in [0.25, 0.3) is 15.9 Å².